The molecule has 0 aromatic carbocycles. The third-order valence-corrected chi connectivity index (χ3v) is 2.71. The first-order valence-corrected chi connectivity index (χ1v) is 5.42. The molecule has 0 aliphatic carbocycles. The second-order valence-electron chi connectivity index (χ2n) is 3.01. The predicted molar refractivity (Wildman–Crippen MR) is 55.9 cm³/mol. The van der Waals surface area contributed by atoms with E-state index in [1.54, 1.807) is 17.7 Å². The zero-order valence-corrected chi connectivity index (χ0v) is 8.57. The van der Waals surface area contributed by atoms with E-state index in [0.29, 0.717) is 12.4 Å². The van der Waals surface area contributed by atoms with Gasteiger partial charge in [-0.05, 0) is 28.8 Å². The van der Waals surface area contributed by atoms with Gasteiger partial charge in [0.15, 0.2) is 5.82 Å². The first-order valence-electron chi connectivity index (χ1n) is 4.48. The highest BCUT2D eigenvalue weighted by Crippen LogP contribution is 2.07. The lowest BCUT2D eigenvalue weighted by atomic mass is 10.2. The standard InChI is InChI=1S/C9H12N4S/c10-5-9-11-7-13(12-9)3-1-8-2-4-14-6-8/h2,4,6-7H,1,3,5,10H2. The van der Waals surface area contributed by atoms with Crippen LogP contribution in [0.1, 0.15) is 11.4 Å². The Morgan fingerprint density at radius 3 is 3.07 bits per heavy atom. The Hall–Kier alpha value is -1.20. The largest absolute Gasteiger partial charge is 0.324 e. The lowest BCUT2D eigenvalue weighted by molar-refractivity contribution is 0.606. The highest BCUT2D eigenvalue weighted by Gasteiger charge is 1.98. The Balaban J connectivity index is 1.92. The summed E-state index contributed by atoms with van der Waals surface area (Å²) >= 11 is 1.72. The van der Waals surface area contributed by atoms with Gasteiger partial charge in [-0.1, -0.05) is 0 Å². The van der Waals surface area contributed by atoms with Gasteiger partial charge in [-0.3, -0.25) is 4.68 Å². The summed E-state index contributed by atoms with van der Waals surface area (Å²) in [5, 5.41) is 8.45. The minimum atomic E-state index is 0.408. The van der Waals surface area contributed by atoms with Gasteiger partial charge in [-0.15, -0.1) is 0 Å². The maximum Gasteiger partial charge on any atom is 0.164 e. The van der Waals surface area contributed by atoms with Crippen molar-refractivity contribution in [3.8, 4) is 0 Å². The van der Waals surface area contributed by atoms with Crippen LogP contribution in [0, 0.1) is 0 Å². The van der Waals surface area contributed by atoms with Crippen LogP contribution in [-0.2, 0) is 19.5 Å². The summed E-state index contributed by atoms with van der Waals surface area (Å²) in [5.74, 6) is 0.704. The van der Waals surface area contributed by atoms with Crippen molar-refractivity contribution in [1.82, 2.24) is 14.8 Å². The van der Waals surface area contributed by atoms with E-state index < -0.39 is 0 Å². The summed E-state index contributed by atoms with van der Waals surface area (Å²) in [6, 6.07) is 2.13. The average molecular weight is 208 g/mol. The molecule has 0 spiro atoms. The number of nitrogens with two attached hydrogens (primary N) is 1. The minimum Gasteiger partial charge on any atom is -0.324 e. The first kappa shape index (κ1) is 9.36. The maximum absolute atomic E-state index is 5.42. The van der Waals surface area contributed by atoms with Crippen LogP contribution in [0.25, 0.3) is 0 Å². The molecule has 0 bridgehead atoms. The number of thiophene rings is 1. The number of rotatable bonds is 4. The van der Waals surface area contributed by atoms with Crippen LogP contribution in [0.2, 0.25) is 0 Å². The second-order valence-corrected chi connectivity index (χ2v) is 3.79. The molecular weight excluding hydrogens is 196 g/mol. The van der Waals surface area contributed by atoms with E-state index in [1.807, 2.05) is 4.68 Å². The Labute approximate surface area is 86.4 Å². The van der Waals surface area contributed by atoms with Crippen LogP contribution in [-0.4, -0.2) is 14.8 Å². The Bertz CT molecular complexity index is 379. The number of hydrogen-bond acceptors (Lipinski definition) is 4. The SMILES string of the molecule is NCc1ncn(CCc2ccsc2)n1. The number of aryl methyl sites for hydroxylation is 2. The predicted octanol–water partition coefficient (Wildman–Crippen LogP) is 1.04. The summed E-state index contributed by atoms with van der Waals surface area (Å²) in [7, 11) is 0. The molecule has 5 heteroatoms. The molecule has 0 atom stereocenters. The third-order valence-electron chi connectivity index (χ3n) is 1.98. The fourth-order valence-corrected chi connectivity index (χ4v) is 1.92. The van der Waals surface area contributed by atoms with E-state index in [9.17, 15) is 0 Å². The molecule has 0 fully saturated rings. The highest BCUT2D eigenvalue weighted by atomic mass is 32.1. The topological polar surface area (TPSA) is 56.7 Å². The summed E-state index contributed by atoms with van der Waals surface area (Å²) in [4.78, 5) is 4.06. The summed E-state index contributed by atoms with van der Waals surface area (Å²) < 4.78 is 1.83. The van der Waals surface area contributed by atoms with Crippen LogP contribution in [0.15, 0.2) is 23.2 Å². The van der Waals surface area contributed by atoms with Gasteiger partial charge >= 0.3 is 0 Å². The average Bonchev–Trinajstić information content (AvgIpc) is 2.86. The quantitative estimate of drug-likeness (QED) is 0.816. The second kappa shape index (κ2) is 4.34. The zero-order valence-electron chi connectivity index (χ0n) is 7.76. The molecular formula is C9H12N4S. The fraction of sp³-hybridized carbons (Fsp3) is 0.333. The van der Waals surface area contributed by atoms with E-state index in [2.05, 4.69) is 26.9 Å². The van der Waals surface area contributed by atoms with Crippen LogP contribution in [0.3, 0.4) is 0 Å². The molecule has 2 heterocycles. The van der Waals surface area contributed by atoms with Gasteiger partial charge in [-0.25, -0.2) is 4.98 Å². The molecule has 74 valence electrons. The van der Waals surface area contributed by atoms with Crippen LogP contribution in [0.4, 0.5) is 0 Å². The molecule has 4 nitrogen and oxygen atoms in total. The van der Waals surface area contributed by atoms with E-state index in [0.717, 1.165) is 13.0 Å². The molecule has 0 radical (unpaired) electrons. The summed E-state index contributed by atoms with van der Waals surface area (Å²) in [6.07, 6.45) is 2.73. The molecule has 0 amide bonds. The van der Waals surface area contributed by atoms with Crippen molar-refractivity contribution in [2.45, 2.75) is 19.5 Å². The molecule has 0 unspecified atom stereocenters. The first-order chi connectivity index (χ1) is 6.88. The Morgan fingerprint density at radius 1 is 1.50 bits per heavy atom. The monoisotopic (exact) mass is 208 g/mol. The lowest BCUT2D eigenvalue weighted by Gasteiger charge is -1.97. The Kier molecular flexibility index (Phi) is 2.90. The van der Waals surface area contributed by atoms with Crippen molar-refractivity contribution in [2.75, 3.05) is 0 Å². The van der Waals surface area contributed by atoms with E-state index in [-0.39, 0.29) is 0 Å². The van der Waals surface area contributed by atoms with Crippen LogP contribution >= 0.6 is 11.3 Å². The minimum absolute atomic E-state index is 0.408. The van der Waals surface area contributed by atoms with E-state index in [1.165, 1.54) is 5.56 Å². The van der Waals surface area contributed by atoms with Crippen molar-refractivity contribution in [2.24, 2.45) is 5.73 Å². The van der Waals surface area contributed by atoms with E-state index in [4.69, 9.17) is 5.73 Å². The van der Waals surface area contributed by atoms with Crippen molar-refractivity contribution in [3.05, 3.63) is 34.5 Å². The molecule has 0 aliphatic heterocycles. The van der Waals surface area contributed by atoms with Crippen molar-refractivity contribution < 1.29 is 0 Å². The van der Waals surface area contributed by atoms with Crippen LogP contribution in [0.5, 0.6) is 0 Å². The number of nitrogens with zero attached hydrogens (tertiary/aromatic N) is 3. The molecule has 14 heavy (non-hydrogen) atoms. The van der Waals surface area contributed by atoms with Crippen molar-refractivity contribution in [1.29, 1.82) is 0 Å². The van der Waals surface area contributed by atoms with Gasteiger partial charge in [0.25, 0.3) is 0 Å². The van der Waals surface area contributed by atoms with Gasteiger partial charge in [0.2, 0.25) is 0 Å². The van der Waals surface area contributed by atoms with E-state index >= 15 is 0 Å². The summed E-state index contributed by atoms with van der Waals surface area (Å²) in [5.41, 5.74) is 6.76. The highest BCUT2D eigenvalue weighted by molar-refractivity contribution is 7.07. The molecule has 0 aliphatic rings. The normalized spacial score (nSPS) is 10.6. The maximum atomic E-state index is 5.42. The van der Waals surface area contributed by atoms with Gasteiger partial charge in [-0.2, -0.15) is 16.4 Å². The fourth-order valence-electron chi connectivity index (χ4n) is 1.21. The van der Waals surface area contributed by atoms with Gasteiger partial charge in [0.1, 0.15) is 6.33 Å². The zero-order chi connectivity index (χ0) is 9.80. The number of hydrogen-bond donors (Lipinski definition) is 1. The summed E-state index contributed by atoms with van der Waals surface area (Å²) in [6.45, 7) is 1.27. The van der Waals surface area contributed by atoms with Gasteiger partial charge < -0.3 is 5.73 Å². The molecule has 2 N–H and O–H groups in total. The molecule has 0 saturated carbocycles. The molecule has 2 aromatic heterocycles. The van der Waals surface area contributed by atoms with Gasteiger partial charge in [0, 0.05) is 6.54 Å². The van der Waals surface area contributed by atoms with Crippen molar-refractivity contribution in [3.63, 3.8) is 0 Å². The molecule has 0 saturated heterocycles. The third kappa shape index (κ3) is 2.18. The number of aromatic nitrogens is 3. The molecule has 2 aromatic rings. The van der Waals surface area contributed by atoms with Crippen LogP contribution < -0.4 is 5.73 Å². The lowest BCUT2D eigenvalue weighted by Crippen LogP contribution is -2.04. The Morgan fingerprint density at radius 2 is 2.43 bits per heavy atom. The smallest absolute Gasteiger partial charge is 0.164 e. The van der Waals surface area contributed by atoms with Gasteiger partial charge in [0.05, 0.1) is 6.54 Å². The van der Waals surface area contributed by atoms with Crippen molar-refractivity contribution >= 4 is 11.3 Å². The molecule has 2 rings (SSSR count).